The Morgan fingerprint density at radius 2 is 1.67 bits per heavy atom. The van der Waals surface area contributed by atoms with Gasteiger partial charge in [-0.1, -0.05) is 32.1 Å². The lowest BCUT2D eigenvalue weighted by molar-refractivity contribution is -0.156. The minimum absolute atomic E-state index is 0.183. The molecule has 0 aromatic carbocycles. The molecule has 2 N–H and O–H groups in total. The van der Waals surface area contributed by atoms with Gasteiger partial charge in [-0.3, -0.25) is 9.59 Å². The van der Waals surface area contributed by atoms with Crippen LogP contribution in [0.2, 0.25) is 0 Å². The summed E-state index contributed by atoms with van der Waals surface area (Å²) >= 11 is 0. The molecule has 0 amide bonds. The lowest BCUT2D eigenvalue weighted by atomic mass is 10.0. The standard InChI is InChI=1S/C20H32O7/c1-15-9-7-5-3-2-4-6-8-10-17(16(21)11-13-19(24)26-15)27-20(25)14-12-18(22)23/h11,13,15-17,21H,2-10,12,14H2,1H3,(H,22,23)/b13-11+/t15-,16+,17+/m1/s1. The minimum Gasteiger partial charge on any atom is -0.481 e. The van der Waals surface area contributed by atoms with E-state index in [1.165, 1.54) is 6.08 Å². The molecule has 0 aromatic heterocycles. The Morgan fingerprint density at radius 1 is 1.07 bits per heavy atom. The first-order valence-electron chi connectivity index (χ1n) is 9.86. The molecule has 27 heavy (non-hydrogen) atoms. The molecule has 1 aliphatic rings. The number of ether oxygens (including phenoxy) is 2. The van der Waals surface area contributed by atoms with Crippen LogP contribution in [0, 0.1) is 0 Å². The van der Waals surface area contributed by atoms with Gasteiger partial charge in [-0.25, -0.2) is 4.79 Å². The molecular weight excluding hydrogens is 352 g/mol. The highest BCUT2D eigenvalue weighted by atomic mass is 16.6. The average molecular weight is 384 g/mol. The fourth-order valence-electron chi connectivity index (χ4n) is 2.99. The van der Waals surface area contributed by atoms with Gasteiger partial charge in [-0.2, -0.15) is 0 Å². The summed E-state index contributed by atoms with van der Waals surface area (Å²) in [6.45, 7) is 1.85. The van der Waals surface area contributed by atoms with Crippen molar-refractivity contribution >= 4 is 17.9 Å². The summed E-state index contributed by atoms with van der Waals surface area (Å²) in [5, 5.41) is 19.0. The van der Waals surface area contributed by atoms with E-state index in [1.807, 2.05) is 6.92 Å². The lowest BCUT2D eigenvalue weighted by Gasteiger charge is -2.21. The topological polar surface area (TPSA) is 110 Å². The second-order valence-corrected chi connectivity index (χ2v) is 7.07. The van der Waals surface area contributed by atoms with Crippen LogP contribution in [-0.4, -0.2) is 46.4 Å². The zero-order valence-electron chi connectivity index (χ0n) is 16.1. The number of aliphatic carboxylic acids is 1. The SMILES string of the molecule is C[C@@H]1CCCCCCCCC[C@H](OC(=O)CCC(=O)O)[C@@H](O)/C=C/C(=O)O1. The van der Waals surface area contributed by atoms with E-state index in [-0.39, 0.29) is 18.9 Å². The number of hydrogen-bond acceptors (Lipinski definition) is 6. The third-order valence-corrected chi connectivity index (χ3v) is 4.55. The van der Waals surface area contributed by atoms with Crippen molar-refractivity contribution < 1.29 is 34.1 Å². The Balaban J connectivity index is 2.69. The molecule has 0 aliphatic carbocycles. The van der Waals surface area contributed by atoms with E-state index in [0.717, 1.165) is 57.4 Å². The van der Waals surface area contributed by atoms with Gasteiger partial charge in [0.25, 0.3) is 0 Å². The van der Waals surface area contributed by atoms with E-state index in [2.05, 4.69) is 0 Å². The molecule has 7 nitrogen and oxygen atoms in total. The van der Waals surface area contributed by atoms with Crippen LogP contribution in [0.25, 0.3) is 0 Å². The highest BCUT2D eigenvalue weighted by Gasteiger charge is 2.22. The van der Waals surface area contributed by atoms with E-state index < -0.39 is 30.1 Å². The zero-order valence-corrected chi connectivity index (χ0v) is 16.1. The number of carbonyl (C=O) groups is 3. The van der Waals surface area contributed by atoms with Crippen LogP contribution in [0.15, 0.2) is 12.2 Å². The number of rotatable bonds is 4. The lowest BCUT2D eigenvalue weighted by Crippen LogP contribution is -2.30. The number of carboxylic acid groups (broad SMARTS) is 1. The molecule has 1 aliphatic heterocycles. The normalized spacial score (nSPS) is 27.3. The second-order valence-electron chi connectivity index (χ2n) is 7.07. The van der Waals surface area contributed by atoms with Gasteiger partial charge >= 0.3 is 17.9 Å². The number of hydrogen-bond donors (Lipinski definition) is 2. The van der Waals surface area contributed by atoms with Gasteiger partial charge < -0.3 is 19.7 Å². The van der Waals surface area contributed by atoms with Gasteiger partial charge in [-0.15, -0.1) is 0 Å². The predicted octanol–water partition coefficient (Wildman–Crippen LogP) is 3.14. The molecular formula is C20H32O7. The number of esters is 2. The number of carboxylic acids is 1. The quantitative estimate of drug-likeness (QED) is 0.716. The second kappa shape index (κ2) is 13.3. The summed E-state index contributed by atoms with van der Waals surface area (Å²) in [6, 6.07) is 0. The summed E-state index contributed by atoms with van der Waals surface area (Å²) in [5.74, 6) is -2.28. The summed E-state index contributed by atoms with van der Waals surface area (Å²) in [6.07, 6.45) is 8.22. The molecule has 154 valence electrons. The van der Waals surface area contributed by atoms with Crippen LogP contribution in [0.3, 0.4) is 0 Å². The van der Waals surface area contributed by atoms with Crippen molar-refractivity contribution in [1.29, 1.82) is 0 Å². The first-order chi connectivity index (χ1) is 12.9. The van der Waals surface area contributed by atoms with Gasteiger partial charge in [0.2, 0.25) is 0 Å². The molecule has 3 atom stereocenters. The van der Waals surface area contributed by atoms with Gasteiger partial charge in [0.15, 0.2) is 0 Å². The number of aliphatic hydroxyl groups is 1. The summed E-state index contributed by atoms with van der Waals surface area (Å²) in [7, 11) is 0. The first kappa shape index (κ1) is 23.1. The van der Waals surface area contributed by atoms with Crippen molar-refractivity contribution in [2.24, 2.45) is 0 Å². The van der Waals surface area contributed by atoms with Crippen molar-refractivity contribution in [2.75, 3.05) is 0 Å². The van der Waals surface area contributed by atoms with Crippen molar-refractivity contribution in [3.8, 4) is 0 Å². The smallest absolute Gasteiger partial charge is 0.330 e. The minimum atomic E-state index is -1.14. The maximum absolute atomic E-state index is 11.8. The molecule has 0 fully saturated rings. The van der Waals surface area contributed by atoms with Gasteiger partial charge in [0.05, 0.1) is 18.9 Å². The van der Waals surface area contributed by atoms with E-state index >= 15 is 0 Å². The Labute approximate surface area is 160 Å². The molecule has 0 bridgehead atoms. The zero-order chi connectivity index (χ0) is 20.1. The highest BCUT2D eigenvalue weighted by Crippen LogP contribution is 2.17. The van der Waals surface area contributed by atoms with Crippen LogP contribution < -0.4 is 0 Å². The Morgan fingerprint density at radius 3 is 2.30 bits per heavy atom. The van der Waals surface area contributed by atoms with Crippen molar-refractivity contribution in [1.82, 2.24) is 0 Å². The van der Waals surface area contributed by atoms with Crippen LogP contribution in [0.5, 0.6) is 0 Å². The van der Waals surface area contributed by atoms with Gasteiger partial charge in [0, 0.05) is 6.08 Å². The largest absolute Gasteiger partial charge is 0.481 e. The van der Waals surface area contributed by atoms with Crippen molar-refractivity contribution in [3.63, 3.8) is 0 Å². The highest BCUT2D eigenvalue weighted by molar-refractivity contribution is 5.82. The maximum atomic E-state index is 11.8. The molecule has 0 spiro atoms. The Bertz CT molecular complexity index is 501. The average Bonchev–Trinajstić information content (AvgIpc) is 2.61. The fourth-order valence-corrected chi connectivity index (χ4v) is 2.99. The van der Waals surface area contributed by atoms with E-state index in [9.17, 15) is 19.5 Å². The molecule has 0 saturated carbocycles. The third kappa shape index (κ3) is 11.4. The molecule has 0 aromatic rings. The summed E-state index contributed by atoms with van der Waals surface area (Å²) in [4.78, 5) is 34.2. The Kier molecular flexibility index (Phi) is 11.4. The molecule has 1 heterocycles. The predicted molar refractivity (Wildman–Crippen MR) is 99.0 cm³/mol. The molecule has 0 radical (unpaired) electrons. The van der Waals surface area contributed by atoms with Crippen molar-refractivity contribution in [3.05, 3.63) is 12.2 Å². The monoisotopic (exact) mass is 384 g/mol. The van der Waals surface area contributed by atoms with Gasteiger partial charge in [0.1, 0.15) is 12.2 Å². The molecule has 0 unspecified atom stereocenters. The Hall–Kier alpha value is -1.89. The van der Waals surface area contributed by atoms with Crippen LogP contribution in [0.4, 0.5) is 0 Å². The van der Waals surface area contributed by atoms with Gasteiger partial charge in [-0.05, 0) is 38.7 Å². The number of aliphatic hydroxyl groups excluding tert-OH is 1. The first-order valence-corrected chi connectivity index (χ1v) is 9.86. The molecule has 7 heteroatoms. The number of carbonyl (C=O) groups excluding carboxylic acids is 2. The van der Waals surface area contributed by atoms with Crippen LogP contribution in [-0.2, 0) is 23.9 Å². The molecule has 0 saturated heterocycles. The number of cyclic esters (lactones) is 1. The van der Waals surface area contributed by atoms with E-state index in [1.54, 1.807) is 0 Å². The van der Waals surface area contributed by atoms with Crippen LogP contribution >= 0.6 is 0 Å². The van der Waals surface area contributed by atoms with Crippen LogP contribution in [0.1, 0.15) is 77.6 Å². The fraction of sp³-hybridized carbons (Fsp3) is 0.750. The third-order valence-electron chi connectivity index (χ3n) is 4.55. The van der Waals surface area contributed by atoms with E-state index in [0.29, 0.717) is 6.42 Å². The molecule has 1 rings (SSSR count). The summed E-state index contributed by atoms with van der Waals surface area (Å²) in [5.41, 5.74) is 0. The maximum Gasteiger partial charge on any atom is 0.330 e. The van der Waals surface area contributed by atoms with Crippen molar-refractivity contribution in [2.45, 2.75) is 95.9 Å². The van der Waals surface area contributed by atoms with E-state index in [4.69, 9.17) is 14.6 Å². The summed E-state index contributed by atoms with van der Waals surface area (Å²) < 4.78 is 10.5.